The number of aliphatic carboxylic acids is 1. The van der Waals surface area contributed by atoms with Crippen molar-refractivity contribution in [2.45, 2.75) is 32.4 Å². The first-order chi connectivity index (χ1) is 9.69. The van der Waals surface area contributed by atoms with Gasteiger partial charge < -0.3 is 5.11 Å². The Kier molecular flexibility index (Phi) is 3.87. The van der Waals surface area contributed by atoms with Crippen molar-refractivity contribution in [1.82, 2.24) is 9.88 Å². The van der Waals surface area contributed by atoms with Crippen molar-refractivity contribution in [1.29, 1.82) is 0 Å². The topological polar surface area (TPSA) is 53.4 Å². The van der Waals surface area contributed by atoms with E-state index in [0.29, 0.717) is 6.54 Å². The molecule has 1 N–H and O–H groups in total. The lowest BCUT2D eigenvalue weighted by atomic mass is 10.00. The fraction of sp³-hybridized carbons (Fsp3) is 0.429. The summed E-state index contributed by atoms with van der Waals surface area (Å²) in [6.07, 6.45) is 1.86. The Balaban J connectivity index is 1.84. The molecule has 3 rings (SSSR count). The highest BCUT2D eigenvalue weighted by Gasteiger charge is 2.33. The van der Waals surface area contributed by atoms with Crippen LogP contribution in [0.4, 0.5) is 0 Å². The second-order valence-corrected chi connectivity index (χ2v) is 6.79. The minimum Gasteiger partial charge on any atom is -0.480 e. The number of thiophene rings is 1. The number of hydrogen-bond donors (Lipinski definition) is 1. The summed E-state index contributed by atoms with van der Waals surface area (Å²) in [6, 6.07) is 1.42. The largest absolute Gasteiger partial charge is 0.480 e. The Morgan fingerprint density at radius 1 is 1.55 bits per heavy atom. The molecule has 1 aliphatic heterocycles. The summed E-state index contributed by atoms with van der Waals surface area (Å²) in [5, 5.41) is 14.7. The normalized spacial score (nSPS) is 18.9. The maximum atomic E-state index is 11.6. The molecule has 1 atom stereocenters. The van der Waals surface area contributed by atoms with Gasteiger partial charge in [-0.05, 0) is 29.9 Å². The van der Waals surface area contributed by atoms with Crippen LogP contribution in [0.2, 0.25) is 0 Å². The van der Waals surface area contributed by atoms with Gasteiger partial charge in [0.2, 0.25) is 0 Å². The van der Waals surface area contributed by atoms with E-state index in [1.807, 2.05) is 21.7 Å². The molecule has 0 spiro atoms. The van der Waals surface area contributed by atoms with Crippen LogP contribution in [0.15, 0.2) is 16.8 Å². The first-order valence-electron chi connectivity index (χ1n) is 6.65. The third-order valence-corrected chi connectivity index (χ3v) is 5.60. The van der Waals surface area contributed by atoms with Gasteiger partial charge in [-0.3, -0.25) is 9.69 Å². The predicted molar refractivity (Wildman–Crippen MR) is 80.3 cm³/mol. The fourth-order valence-electron chi connectivity index (χ4n) is 2.62. The molecule has 20 heavy (non-hydrogen) atoms. The molecule has 0 aromatic carbocycles. The third-order valence-electron chi connectivity index (χ3n) is 3.57. The van der Waals surface area contributed by atoms with Gasteiger partial charge in [0.1, 0.15) is 6.04 Å². The molecular weight excluding hydrogens is 292 g/mol. The Bertz CT molecular complexity index is 620. The second kappa shape index (κ2) is 5.63. The minimum atomic E-state index is -0.768. The molecule has 6 heteroatoms. The highest BCUT2D eigenvalue weighted by atomic mass is 32.1. The van der Waals surface area contributed by atoms with E-state index >= 15 is 0 Å². The number of fused-ring (bicyclic) bond motifs is 1. The third kappa shape index (κ3) is 2.51. The molecule has 0 saturated carbocycles. The lowest BCUT2D eigenvalue weighted by Crippen LogP contribution is -2.38. The van der Waals surface area contributed by atoms with Crippen molar-refractivity contribution in [3.05, 3.63) is 38.0 Å². The van der Waals surface area contributed by atoms with Crippen LogP contribution in [0.25, 0.3) is 0 Å². The minimum absolute atomic E-state index is 0.531. The number of carboxylic acids is 1. The van der Waals surface area contributed by atoms with Gasteiger partial charge in [0.05, 0.1) is 10.7 Å². The van der Waals surface area contributed by atoms with E-state index in [0.717, 1.165) is 35.7 Å². The monoisotopic (exact) mass is 308 g/mol. The number of rotatable bonds is 4. The van der Waals surface area contributed by atoms with Gasteiger partial charge in [-0.25, -0.2) is 4.98 Å². The van der Waals surface area contributed by atoms with Gasteiger partial charge in [0.25, 0.3) is 0 Å². The summed E-state index contributed by atoms with van der Waals surface area (Å²) in [6.45, 7) is 3.48. The Morgan fingerprint density at radius 3 is 3.10 bits per heavy atom. The molecule has 0 amide bonds. The van der Waals surface area contributed by atoms with Gasteiger partial charge in [-0.15, -0.1) is 22.7 Å². The van der Waals surface area contributed by atoms with Gasteiger partial charge in [0, 0.05) is 23.3 Å². The summed E-state index contributed by atoms with van der Waals surface area (Å²) in [4.78, 5) is 19.4. The van der Waals surface area contributed by atoms with Gasteiger partial charge in [-0.1, -0.05) is 6.92 Å². The summed E-state index contributed by atoms with van der Waals surface area (Å²) < 4.78 is 0. The zero-order valence-electron chi connectivity index (χ0n) is 11.2. The molecule has 4 nitrogen and oxygen atoms in total. The second-order valence-electron chi connectivity index (χ2n) is 4.85. The molecule has 106 valence electrons. The van der Waals surface area contributed by atoms with E-state index in [-0.39, 0.29) is 0 Å². The smallest absolute Gasteiger partial charge is 0.325 e. The highest BCUT2D eigenvalue weighted by molar-refractivity contribution is 7.10. The van der Waals surface area contributed by atoms with E-state index in [9.17, 15) is 9.90 Å². The van der Waals surface area contributed by atoms with E-state index in [1.165, 1.54) is 4.88 Å². The summed E-state index contributed by atoms with van der Waals surface area (Å²) in [5.74, 6) is -0.768. The molecule has 0 saturated heterocycles. The van der Waals surface area contributed by atoms with Crippen LogP contribution in [0.3, 0.4) is 0 Å². The molecule has 1 unspecified atom stereocenters. The molecular formula is C14H16N2O2S2. The van der Waals surface area contributed by atoms with Crippen LogP contribution < -0.4 is 0 Å². The average molecular weight is 308 g/mol. The van der Waals surface area contributed by atoms with Gasteiger partial charge in [0.15, 0.2) is 0 Å². The molecule has 0 fully saturated rings. The van der Waals surface area contributed by atoms with Gasteiger partial charge >= 0.3 is 5.97 Å². The quantitative estimate of drug-likeness (QED) is 0.943. The number of thiazole rings is 1. The summed E-state index contributed by atoms with van der Waals surface area (Å²) in [7, 11) is 0. The molecule has 0 radical (unpaired) electrons. The van der Waals surface area contributed by atoms with Crippen LogP contribution in [-0.4, -0.2) is 27.5 Å². The van der Waals surface area contributed by atoms with E-state index in [2.05, 4.69) is 11.9 Å². The zero-order chi connectivity index (χ0) is 14.1. The molecule has 0 bridgehead atoms. The number of aromatic nitrogens is 1. The van der Waals surface area contributed by atoms with E-state index in [4.69, 9.17) is 0 Å². The molecule has 3 heterocycles. The van der Waals surface area contributed by atoms with Gasteiger partial charge in [-0.2, -0.15) is 0 Å². The van der Waals surface area contributed by atoms with E-state index in [1.54, 1.807) is 22.7 Å². The van der Waals surface area contributed by atoms with Crippen molar-refractivity contribution in [2.24, 2.45) is 0 Å². The lowest BCUT2D eigenvalue weighted by Gasteiger charge is -2.32. The molecule has 1 aliphatic rings. The number of nitrogens with zero attached hydrogens (tertiary/aromatic N) is 2. The van der Waals surface area contributed by atoms with Crippen molar-refractivity contribution in [2.75, 3.05) is 6.54 Å². The maximum Gasteiger partial charge on any atom is 0.325 e. The van der Waals surface area contributed by atoms with Crippen molar-refractivity contribution in [3.8, 4) is 0 Å². The Hall–Kier alpha value is -1.24. The summed E-state index contributed by atoms with van der Waals surface area (Å²) in [5.41, 5.74) is 1.94. The SMILES string of the molecule is CCc1nc(CN2CCc3sccc3C2C(=O)O)cs1. The van der Waals surface area contributed by atoms with Crippen LogP contribution in [0.1, 0.15) is 34.1 Å². The number of carbonyl (C=O) groups is 1. The average Bonchev–Trinajstić information content (AvgIpc) is 3.06. The van der Waals surface area contributed by atoms with Crippen LogP contribution in [0.5, 0.6) is 0 Å². The molecule has 2 aromatic rings. The number of hydrogen-bond acceptors (Lipinski definition) is 5. The van der Waals surface area contributed by atoms with Crippen LogP contribution >= 0.6 is 22.7 Å². The fourth-order valence-corrected chi connectivity index (χ4v) is 4.26. The number of carboxylic acid groups (broad SMARTS) is 1. The highest BCUT2D eigenvalue weighted by Crippen LogP contribution is 2.34. The first kappa shape index (κ1) is 13.7. The Labute approximate surface area is 125 Å². The summed E-state index contributed by atoms with van der Waals surface area (Å²) >= 11 is 3.31. The number of aryl methyl sites for hydroxylation is 1. The lowest BCUT2D eigenvalue weighted by molar-refractivity contribution is -0.144. The van der Waals surface area contributed by atoms with E-state index < -0.39 is 12.0 Å². The van der Waals surface area contributed by atoms with Crippen molar-refractivity contribution < 1.29 is 9.90 Å². The zero-order valence-corrected chi connectivity index (χ0v) is 12.8. The predicted octanol–water partition coefficient (Wildman–Crippen LogP) is 2.95. The maximum absolute atomic E-state index is 11.6. The first-order valence-corrected chi connectivity index (χ1v) is 8.41. The standard InChI is InChI=1S/C14H16N2O2S2/c1-2-12-15-9(8-20-12)7-16-5-3-11-10(4-6-19-11)13(16)14(17)18/h4,6,8,13H,2-3,5,7H2,1H3,(H,17,18). The molecule has 0 aliphatic carbocycles. The van der Waals surface area contributed by atoms with Crippen LogP contribution in [0, 0.1) is 0 Å². The van der Waals surface area contributed by atoms with Crippen molar-refractivity contribution >= 4 is 28.6 Å². The van der Waals surface area contributed by atoms with Crippen molar-refractivity contribution in [3.63, 3.8) is 0 Å². The van der Waals surface area contributed by atoms with Crippen LogP contribution in [-0.2, 0) is 24.2 Å². The molecule has 2 aromatic heterocycles. The Morgan fingerprint density at radius 2 is 2.40 bits per heavy atom.